The highest BCUT2D eigenvalue weighted by Crippen LogP contribution is 2.55. The number of nitrogens with one attached hydrogen (secondary N) is 2. The first-order valence-corrected chi connectivity index (χ1v) is 9.71. The molecule has 1 aliphatic heterocycles. The lowest BCUT2D eigenvalue weighted by Gasteiger charge is -2.15. The van der Waals surface area contributed by atoms with Crippen LogP contribution in [0.3, 0.4) is 0 Å². The summed E-state index contributed by atoms with van der Waals surface area (Å²) in [5.74, 6) is 1.28. The number of hydrogen-bond acceptors (Lipinski definition) is 6. The number of aromatic nitrogens is 3. The van der Waals surface area contributed by atoms with E-state index in [9.17, 15) is 14.4 Å². The van der Waals surface area contributed by atoms with Crippen LogP contribution in [-0.2, 0) is 10.2 Å². The van der Waals surface area contributed by atoms with Gasteiger partial charge in [0.1, 0.15) is 17.6 Å². The fraction of sp³-hybridized carbons (Fsp3) is 0.227. The summed E-state index contributed by atoms with van der Waals surface area (Å²) in [6.45, 7) is 3.66. The Balaban J connectivity index is 1.52. The van der Waals surface area contributed by atoms with Crippen molar-refractivity contribution in [2.24, 2.45) is 0 Å². The molecule has 31 heavy (non-hydrogen) atoms. The summed E-state index contributed by atoms with van der Waals surface area (Å²) in [5, 5.41) is 15.8. The summed E-state index contributed by atoms with van der Waals surface area (Å²) in [6.07, 6.45) is 1.68. The first-order chi connectivity index (χ1) is 14.8. The number of fused-ring (bicyclic) bond motifs is 2. The summed E-state index contributed by atoms with van der Waals surface area (Å²) in [4.78, 5) is 38.1. The van der Waals surface area contributed by atoms with E-state index >= 15 is 0 Å². The number of aromatic amines is 1. The molecule has 9 nitrogen and oxygen atoms in total. The number of benzene rings is 2. The predicted molar refractivity (Wildman–Crippen MR) is 111 cm³/mol. The fourth-order valence-corrected chi connectivity index (χ4v) is 4.05. The van der Waals surface area contributed by atoms with Crippen LogP contribution in [0.25, 0.3) is 5.69 Å². The fourth-order valence-electron chi connectivity index (χ4n) is 4.05. The topological polar surface area (TPSA) is 130 Å². The summed E-state index contributed by atoms with van der Waals surface area (Å²) in [5.41, 5.74) is 1.32. The van der Waals surface area contributed by atoms with Crippen molar-refractivity contribution in [1.82, 2.24) is 14.8 Å². The molecule has 2 aliphatic rings. The van der Waals surface area contributed by atoms with Gasteiger partial charge in [-0.1, -0.05) is 0 Å². The number of hydrogen-bond donors (Lipinski definition) is 2. The van der Waals surface area contributed by atoms with Gasteiger partial charge in [-0.2, -0.15) is 9.94 Å². The summed E-state index contributed by atoms with van der Waals surface area (Å²) >= 11 is 0. The Labute approximate surface area is 175 Å². The molecule has 0 saturated heterocycles. The van der Waals surface area contributed by atoms with Crippen molar-refractivity contribution in [2.45, 2.75) is 32.1 Å². The van der Waals surface area contributed by atoms with E-state index in [0.29, 0.717) is 17.2 Å². The number of H-pyrrole nitrogens is 1. The number of rotatable bonds is 3. The molecule has 2 N–H and O–H groups in total. The van der Waals surface area contributed by atoms with Gasteiger partial charge >= 0.3 is 5.69 Å². The van der Waals surface area contributed by atoms with Gasteiger partial charge in [0.15, 0.2) is 0 Å². The monoisotopic (exact) mass is 415 g/mol. The van der Waals surface area contributed by atoms with Gasteiger partial charge in [-0.3, -0.25) is 14.6 Å². The lowest BCUT2D eigenvalue weighted by atomic mass is 9.98. The summed E-state index contributed by atoms with van der Waals surface area (Å²) in [6, 6.07) is 10.6. The standard InChI is InChI=1S/C22H17N5O4/c1-11-7-13(27-21(30)25-19(28)17(10-23)26-27)8-12(2)18(11)31-14-3-4-16-15(9-14)22(5-6-22)20(29)24-16/h3-4,7-9H,5-6H2,1-2H3,(H,24,29)(H,25,28,30). The van der Waals surface area contributed by atoms with Crippen LogP contribution in [0.1, 0.15) is 35.2 Å². The molecule has 1 saturated carbocycles. The maximum Gasteiger partial charge on any atom is 0.349 e. The second kappa shape index (κ2) is 6.40. The molecular formula is C22H17N5O4. The SMILES string of the molecule is Cc1cc(-n2nc(C#N)c(=O)[nH]c2=O)cc(C)c1Oc1ccc2c(c1)C1(CC1)C(=O)N2. The third-order valence-electron chi connectivity index (χ3n) is 5.78. The minimum atomic E-state index is -0.824. The molecule has 5 rings (SSSR count). The Morgan fingerprint density at radius 1 is 1.13 bits per heavy atom. The highest BCUT2D eigenvalue weighted by atomic mass is 16.5. The first-order valence-electron chi connectivity index (χ1n) is 9.71. The lowest BCUT2D eigenvalue weighted by molar-refractivity contribution is -0.117. The molecule has 1 fully saturated rings. The van der Waals surface area contributed by atoms with E-state index < -0.39 is 22.4 Å². The normalized spacial score (nSPS) is 15.3. The Kier molecular flexibility index (Phi) is 3.89. The van der Waals surface area contributed by atoms with Crippen molar-refractivity contribution in [1.29, 1.82) is 5.26 Å². The molecule has 0 bridgehead atoms. The molecule has 9 heteroatoms. The van der Waals surface area contributed by atoms with Crippen LogP contribution in [0, 0.1) is 25.2 Å². The van der Waals surface area contributed by atoms with E-state index in [1.54, 1.807) is 24.3 Å². The minimum absolute atomic E-state index is 0.0481. The number of nitrogens with zero attached hydrogens (tertiary/aromatic N) is 3. The highest BCUT2D eigenvalue weighted by Gasteiger charge is 2.56. The Bertz CT molecular complexity index is 1420. The van der Waals surface area contributed by atoms with Gasteiger partial charge < -0.3 is 10.1 Å². The summed E-state index contributed by atoms with van der Waals surface area (Å²) in [7, 11) is 0. The number of amides is 1. The van der Waals surface area contributed by atoms with Gasteiger partial charge in [0.2, 0.25) is 11.6 Å². The molecule has 1 aliphatic carbocycles. The summed E-state index contributed by atoms with van der Waals surface area (Å²) < 4.78 is 7.13. The van der Waals surface area contributed by atoms with Crippen LogP contribution in [0.15, 0.2) is 39.9 Å². The van der Waals surface area contributed by atoms with Gasteiger partial charge in [0.05, 0.1) is 11.1 Å². The zero-order valence-corrected chi connectivity index (χ0v) is 16.8. The lowest BCUT2D eigenvalue weighted by Crippen LogP contribution is -2.33. The molecular weight excluding hydrogens is 398 g/mol. The van der Waals surface area contributed by atoms with Crippen LogP contribution in [0.5, 0.6) is 11.5 Å². The number of aryl methyl sites for hydroxylation is 2. The highest BCUT2D eigenvalue weighted by molar-refractivity contribution is 6.08. The van der Waals surface area contributed by atoms with Crippen molar-refractivity contribution >= 4 is 11.6 Å². The molecule has 154 valence electrons. The van der Waals surface area contributed by atoms with E-state index in [1.807, 2.05) is 26.0 Å². The van der Waals surface area contributed by atoms with E-state index in [1.165, 1.54) is 0 Å². The van der Waals surface area contributed by atoms with Crippen LogP contribution in [-0.4, -0.2) is 20.7 Å². The number of carbonyl (C=O) groups is 1. The van der Waals surface area contributed by atoms with E-state index in [4.69, 9.17) is 10.00 Å². The predicted octanol–water partition coefficient (Wildman–Crippen LogP) is 2.19. The molecule has 2 aromatic carbocycles. The number of anilines is 1. The van der Waals surface area contributed by atoms with Gasteiger partial charge in [-0.15, -0.1) is 5.10 Å². The number of nitriles is 1. The zero-order chi connectivity index (χ0) is 21.9. The van der Waals surface area contributed by atoms with Crippen molar-refractivity contribution in [3.63, 3.8) is 0 Å². The van der Waals surface area contributed by atoms with E-state index in [0.717, 1.165) is 39.9 Å². The molecule has 1 spiro atoms. The van der Waals surface area contributed by atoms with Crippen molar-refractivity contribution < 1.29 is 9.53 Å². The van der Waals surface area contributed by atoms with Crippen LogP contribution < -0.4 is 21.3 Å². The second-order valence-electron chi connectivity index (χ2n) is 7.89. The minimum Gasteiger partial charge on any atom is -0.457 e. The third-order valence-corrected chi connectivity index (χ3v) is 5.78. The maximum atomic E-state index is 12.2. The van der Waals surface area contributed by atoms with Crippen LogP contribution in [0.4, 0.5) is 5.69 Å². The quantitative estimate of drug-likeness (QED) is 0.674. The largest absolute Gasteiger partial charge is 0.457 e. The Morgan fingerprint density at radius 2 is 1.84 bits per heavy atom. The smallest absolute Gasteiger partial charge is 0.349 e. The molecule has 0 atom stereocenters. The molecule has 3 aromatic rings. The first kappa shape index (κ1) is 18.8. The average molecular weight is 415 g/mol. The van der Waals surface area contributed by atoms with E-state index in [2.05, 4.69) is 15.4 Å². The zero-order valence-electron chi connectivity index (χ0n) is 16.8. The van der Waals surface area contributed by atoms with Gasteiger partial charge in [0.25, 0.3) is 5.56 Å². The van der Waals surface area contributed by atoms with Gasteiger partial charge in [-0.25, -0.2) is 4.79 Å². The molecule has 0 unspecified atom stereocenters. The van der Waals surface area contributed by atoms with Crippen molar-refractivity contribution in [3.05, 3.63) is 73.6 Å². The molecule has 1 aromatic heterocycles. The molecule has 2 heterocycles. The van der Waals surface area contributed by atoms with Gasteiger partial charge in [0, 0.05) is 5.69 Å². The van der Waals surface area contributed by atoms with Gasteiger partial charge in [-0.05, 0) is 73.7 Å². The van der Waals surface area contributed by atoms with Crippen LogP contribution in [0.2, 0.25) is 0 Å². The molecule has 1 amide bonds. The average Bonchev–Trinajstić information content (AvgIpc) is 3.48. The van der Waals surface area contributed by atoms with Crippen LogP contribution >= 0.6 is 0 Å². The Morgan fingerprint density at radius 3 is 2.48 bits per heavy atom. The molecule has 0 radical (unpaired) electrons. The van der Waals surface area contributed by atoms with Crippen molar-refractivity contribution in [3.8, 4) is 23.3 Å². The Hall–Kier alpha value is -4.19. The second-order valence-corrected chi connectivity index (χ2v) is 7.89. The number of carbonyl (C=O) groups excluding carboxylic acids is 1. The van der Waals surface area contributed by atoms with E-state index in [-0.39, 0.29) is 5.91 Å². The third kappa shape index (κ3) is 2.84. The van der Waals surface area contributed by atoms with Crippen molar-refractivity contribution in [2.75, 3.05) is 5.32 Å². The number of ether oxygens (including phenoxy) is 1. The maximum absolute atomic E-state index is 12.2.